The average molecular weight is 360 g/mol. The van der Waals surface area contributed by atoms with Crippen LogP contribution in [0.3, 0.4) is 0 Å². The van der Waals surface area contributed by atoms with Crippen LogP contribution in [0.2, 0.25) is 0 Å². The van der Waals surface area contributed by atoms with Gasteiger partial charge in [0.1, 0.15) is 5.75 Å². The first kappa shape index (κ1) is 18.2. The molecule has 3 aromatic rings. The SMILES string of the molecule is COc1ccc(C)cc1NC(=O)c1ccc(C(=O)Nc2ccccc2)cc1. The number of amides is 2. The highest BCUT2D eigenvalue weighted by Gasteiger charge is 2.12. The van der Waals surface area contributed by atoms with Crippen molar-refractivity contribution in [1.29, 1.82) is 0 Å². The van der Waals surface area contributed by atoms with Crippen molar-refractivity contribution in [1.82, 2.24) is 0 Å². The van der Waals surface area contributed by atoms with E-state index in [0.29, 0.717) is 22.6 Å². The number of hydrogen-bond donors (Lipinski definition) is 2. The number of methoxy groups -OCH3 is 1. The standard InChI is InChI=1S/C22H20N2O3/c1-15-8-13-20(27-2)19(14-15)24-22(26)17-11-9-16(10-12-17)21(25)23-18-6-4-3-5-7-18/h3-14H,1-2H3,(H,23,25)(H,24,26). The second-order valence-electron chi connectivity index (χ2n) is 6.06. The van der Waals surface area contributed by atoms with Gasteiger partial charge in [-0.1, -0.05) is 24.3 Å². The number of ether oxygens (including phenoxy) is 1. The van der Waals surface area contributed by atoms with Gasteiger partial charge in [0.05, 0.1) is 12.8 Å². The normalized spacial score (nSPS) is 10.1. The van der Waals surface area contributed by atoms with Gasteiger partial charge in [0.25, 0.3) is 11.8 Å². The van der Waals surface area contributed by atoms with E-state index in [0.717, 1.165) is 11.3 Å². The van der Waals surface area contributed by atoms with E-state index >= 15 is 0 Å². The molecule has 0 spiro atoms. The molecule has 0 aliphatic heterocycles. The number of benzene rings is 3. The summed E-state index contributed by atoms with van der Waals surface area (Å²) in [7, 11) is 1.56. The van der Waals surface area contributed by atoms with Crippen LogP contribution < -0.4 is 15.4 Å². The Morgan fingerprint density at radius 1 is 0.778 bits per heavy atom. The maximum absolute atomic E-state index is 12.5. The molecule has 0 unspecified atom stereocenters. The lowest BCUT2D eigenvalue weighted by molar-refractivity contribution is 0.101. The smallest absolute Gasteiger partial charge is 0.255 e. The quantitative estimate of drug-likeness (QED) is 0.703. The molecule has 0 fully saturated rings. The third-order valence-electron chi connectivity index (χ3n) is 4.04. The van der Waals surface area contributed by atoms with Crippen LogP contribution >= 0.6 is 0 Å². The Morgan fingerprint density at radius 2 is 1.37 bits per heavy atom. The van der Waals surface area contributed by atoms with E-state index < -0.39 is 0 Å². The molecule has 27 heavy (non-hydrogen) atoms. The van der Waals surface area contributed by atoms with Crippen molar-refractivity contribution in [3.63, 3.8) is 0 Å². The van der Waals surface area contributed by atoms with Gasteiger partial charge in [0, 0.05) is 16.8 Å². The van der Waals surface area contributed by atoms with Crippen molar-refractivity contribution < 1.29 is 14.3 Å². The molecule has 5 heteroatoms. The van der Waals surface area contributed by atoms with E-state index in [9.17, 15) is 9.59 Å². The zero-order valence-electron chi connectivity index (χ0n) is 15.2. The molecule has 0 heterocycles. The number of carbonyl (C=O) groups is 2. The Labute approximate surface area is 158 Å². The van der Waals surface area contributed by atoms with Gasteiger partial charge >= 0.3 is 0 Å². The third kappa shape index (κ3) is 4.52. The number of rotatable bonds is 5. The maximum Gasteiger partial charge on any atom is 0.255 e. The zero-order valence-corrected chi connectivity index (χ0v) is 15.2. The summed E-state index contributed by atoms with van der Waals surface area (Å²) in [5, 5.41) is 5.65. The minimum atomic E-state index is -0.270. The van der Waals surface area contributed by atoms with Crippen LogP contribution in [-0.4, -0.2) is 18.9 Å². The molecule has 2 amide bonds. The van der Waals surface area contributed by atoms with E-state index in [1.807, 2.05) is 55.5 Å². The Morgan fingerprint density at radius 3 is 1.96 bits per heavy atom. The summed E-state index contributed by atoms with van der Waals surface area (Å²) in [5.41, 5.74) is 3.27. The fraction of sp³-hybridized carbons (Fsp3) is 0.0909. The van der Waals surface area contributed by atoms with E-state index in [-0.39, 0.29) is 11.8 Å². The van der Waals surface area contributed by atoms with Crippen LogP contribution in [0.15, 0.2) is 72.8 Å². The number of hydrogen-bond acceptors (Lipinski definition) is 3. The van der Waals surface area contributed by atoms with E-state index in [1.165, 1.54) is 0 Å². The van der Waals surface area contributed by atoms with E-state index in [2.05, 4.69) is 10.6 Å². The number of nitrogens with one attached hydrogen (secondary N) is 2. The Bertz CT molecular complexity index is 951. The molecular weight excluding hydrogens is 340 g/mol. The Balaban J connectivity index is 1.70. The van der Waals surface area contributed by atoms with Gasteiger partial charge in [0.2, 0.25) is 0 Å². The van der Waals surface area contributed by atoms with Crippen LogP contribution in [0.25, 0.3) is 0 Å². The van der Waals surface area contributed by atoms with Crippen LogP contribution in [0.1, 0.15) is 26.3 Å². The first-order valence-corrected chi connectivity index (χ1v) is 8.49. The van der Waals surface area contributed by atoms with Crippen molar-refractivity contribution >= 4 is 23.2 Å². The predicted molar refractivity (Wildman–Crippen MR) is 107 cm³/mol. The molecule has 0 radical (unpaired) electrons. The topological polar surface area (TPSA) is 67.4 Å². The number of anilines is 2. The van der Waals surface area contributed by atoms with Gasteiger partial charge < -0.3 is 15.4 Å². The fourth-order valence-corrected chi connectivity index (χ4v) is 2.61. The van der Waals surface area contributed by atoms with Gasteiger partial charge in [0.15, 0.2) is 0 Å². The van der Waals surface area contributed by atoms with Crippen LogP contribution in [-0.2, 0) is 0 Å². The molecule has 0 saturated heterocycles. The Kier molecular flexibility index (Phi) is 5.52. The first-order chi connectivity index (χ1) is 13.1. The maximum atomic E-state index is 12.5. The van der Waals surface area contributed by atoms with E-state index in [1.54, 1.807) is 31.4 Å². The van der Waals surface area contributed by atoms with Gasteiger partial charge in [-0.15, -0.1) is 0 Å². The largest absolute Gasteiger partial charge is 0.495 e. The molecule has 136 valence electrons. The molecule has 0 saturated carbocycles. The van der Waals surface area contributed by atoms with Crippen molar-refractivity contribution in [2.45, 2.75) is 6.92 Å². The molecule has 3 aromatic carbocycles. The van der Waals surface area contributed by atoms with Gasteiger partial charge in [-0.25, -0.2) is 0 Å². The molecule has 5 nitrogen and oxygen atoms in total. The summed E-state index contributed by atoms with van der Waals surface area (Å²) in [4.78, 5) is 24.8. The molecule has 0 aromatic heterocycles. The highest BCUT2D eigenvalue weighted by Crippen LogP contribution is 2.25. The molecule has 2 N–H and O–H groups in total. The second-order valence-corrected chi connectivity index (χ2v) is 6.06. The van der Waals surface area contributed by atoms with Crippen LogP contribution in [0.5, 0.6) is 5.75 Å². The minimum Gasteiger partial charge on any atom is -0.495 e. The minimum absolute atomic E-state index is 0.228. The van der Waals surface area contributed by atoms with Crippen LogP contribution in [0.4, 0.5) is 11.4 Å². The summed E-state index contributed by atoms with van der Waals surface area (Å²) in [5.74, 6) is 0.0928. The first-order valence-electron chi connectivity index (χ1n) is 8.49. The van der Waals surface area contributed by atoms with Gasteiger partial charge in [-0.05, 0) is 61.0 Å². The summed E-state index contributed by atoms with van der Waals surface area (Å²) < 4.78 is 5.28. The van der Waals surface area contributed by atoms with E-state index in [4.69, 9.17) is 4.74 Å². The number of para-hydroxylation sites is 1. The lowest BCUT2D eigenvalue weighted by Gasteiger charge is -2.11. The lowest BCUT2D eigenvalue weighted by atomic mass is 10.1. The lowest BCUT2D eigenvalue weighted by Crippen LogP contribution is -2.14. The number of carbonyl (C=O) groups excluding carboxylic acids is 2. The summed E-state index contributed by atoms with van der Waals surface area (Å²) in [6.45, 7) is 1.94. The number of aryl methyl sites for hydroxylation is 1. The molecule has 0 bridgehead atoms. The van der Waals surface area contributed by atoms with Gasteiger partial charge in [-0.3, -0.25) is 9.59 Å². The van der Waals surface area contributed by atoms with Gasteiger partial charge in [-0.2, -0.15) is 0 Å². The highest BCUT2D eigenvalue weighted by molar-refractivity contribution is 6.07. The average Bonchev–Trinajstić information content (AvgIpc) is 2.69. The third-order valence-corrected chi connectivity index (χ3v) is 4.04. The van der Waals surface area contributed by atoms with Crippen LogP contribution in [0, 0.1) is 6.92 Å². The zero-order chi connectivity index (χ0) is 19.2. The van der Waals surface area contributed by atoms with Crippen molar-refractivity contribution in [3.8, 4) is 5.75 Å². The monoisotopic (exact) mass is 360 g/mol. The molecule has 0 aliphatic carbocycles. The summed E-state index contributed by atoms with van der Waals surface area (Å²) in [6.07, 6.45) is 0. The summed E-state index contributed by atoms with van der Waals surface area (Å²) in [6, 6.07) is 21.3. The van der Waals surface area contributed by atoms with Crippen molar-refractivity contribution in [2.24, 2.45) is 0 Å². The predicted octanol–water partition coefficient (Wildman–Crippen LogP) is 4.51. The second kappa shape index (κ2) is 8.19. The van der Waals surface area contributed by atoms with Crippen molar-refractivity contribution in [3.05, 3.63) is 89.5 Å². The molecular formula is C22H20N2O3. The fourth-order valence-electron chi connectivity index (χ4n) is 2.61. The molecule has 0 atom stereocenters. The summed E-state index contributed by atoms with van der Waals surface area (Å²) >= 11 is 0. The highest BCUT2D eigenvalue weighted by atomic mass is 16.5. The van der Waals surface area contributed by atoms with Crippen molar-refractivity contribution in [2.75, 3.05) is 17.7 Å². The molecule has 0 aliphatic rings. The Hall–Kier alpha value is -3.60. The molecule has 3 rings (SSSR count).